The summed E-state index contributed by atoms with van der Waals surface area (Å²) in [6.45, 7) is 1.44. The van der Waals surface area contributed by atoms with Crippen LogP contribution in [0.1, 0.15) is 6.92 Å². The molecule has 2 aromatic rings. The number of phenols is 1. The fourth-order valence-corrected chi connectivity index (χ4v) is 1.38. The van der Waals surface area contributed by atoms with Gasteiger partial charge < -0.3 is 9.84 Å². The maximum Gasteiger partial charge on any atom is 0.167 e. The number of Topliss-reactive ketones (excluding diaryl/α,β-unsaturated/α-hetero) is 1. The van der Waals surface area contributed by atoms with Crippen LogP contribution in [0.15, 0.2) is 36.7 Å². The van der Waals surface area contributed by atoms with Crippen molar-refractivity contribution in [1.29, 1.82) is 0 Å². The molecule has 0 saturated heterocycles. The summed E-state index contributed by atoms with van der Waals surface area (Å²) < 4.78 is 5.15. The van der Waals surface area contributed by atoms with Crippen molar-refractivity contribution in [2.45, 2.75) is 6.92 Å². The molecule has 2 rings (SSSR count). The molecular formula is C13H12N2O3. The smallest absolute Gasteiger partial charge is 0.167 e. The number of carbonyl (C=O) groups excluding carboxylic acids is 1. The van der Waals surface area contributed by atoms with E-state index in [1.807, 2.05) is 0 Å². The number of ether oxygens (including phenoxy) is 1. The average Bonchev–Trinajstić information content (AvgIpc) is 2.38. The predicted octanol–water partition coefficient (Wildman–Crippen LogP) is 1.82. The van der Waals surface area contributed by atoms with Gasteiger partial charge in [-0.05, 0) is 19.1 Å². The largest absolute Gasteiger partial charge is 0.507 e. The minimum absolute atomic E-state index is 0.000701. The number of ketones is 1. The van der Waals surface area contributed by atoms with Crippen LogP contribution >= 0.6 is 0 Å². The lowest BCUT2D eigenvalue weighted by molar-refractivity contribution is -0.118. The Kier molecular flexibility index (Phi) is 3.52. The first-order valence-electron chi connectivity index (χ1n) is 5.39. The van der Waals surface area contributed by atoms with Gasteiger partial charge in [0.05, 0.1) is 18.0 Å². The molecule has 1 N–H and O–H groups in total. The second-order valence-electron chi connectivity index (χ2n) is 3.75. The zero-order valence-electron chi connectivity index (χ0n) is 9.83. The summed E-state index contributed by atoms with van der Waals surface area (Å²) in [7, 11) is 0. The molecule has 0 aliphatic heterocycles. The maximum atomic E-state index is 10.8. The van der Waals surface area contributed by atoms with Gasteiger partial charge in [0.2, 0.25) is 0 Å². The molecule has 0 aliphatic rings. The number of aromatic hydroxyl groups is 1. The predicted molar refractivity (Wildman–Crippen MR) is 65.3 cm³/mol. The lowest BCUT2D eigenvalue weighted by Gasteiger charge is -2.05. The summed E-state index contributed by atoms with van der Waals surface area (Å²) in [6.07, 6.45) is 2.94. The first kappa shape index (κ1) is 12.0. The molecule has 1 heterocycles. The molecule has 0 aliphatic carbocycles. The van der Waals surface area contributed by atoms with Crippen molar-refractivity contribution in [3.8, 4) is 22.9 Å². The minimum Gasteiger partial charge on any atom is -0.507 e. The van der Waals surface area contributed by atoms with E-state index < -0.39 is 0 Å². The third-order valence-electron chi connectivity index (χ3n) is 2.22. The zero-order valence-corrected chi connectivity index (χ0v) is 9.83. The van der Waals surface area contributed by atoms with Crippen molar-refractivity contribution in [2.24, 2.45) is 0 Å². The van der Waals surface area contributed by atoms with E-state index in [9.17, 15) is 9.90 Å². The van der Waals surface area contributed by atoms with Gasteiger partial charge in [-0.25, -0.2) is 9.97 Å². The number of hydrogen-bond acceptors (Lipinski definition) is 5. The summed E-state index contributed by atoms with van der Waals surface area (Å²) in [5.74, 6) is 0.877. The number of benzene rings is 1. The molecule has 0 spiro atoms. The SMILES string of the molecule is CC(=O)COc1cnc(-c2ccccc2O)nc1. The zero-order chi connectivity index (χ0) is 13.0. The van der Waals surface area contributed by atoms with Gasteiger partial charge in [-0.1, -0.05) is 12.1 Å². The van der Waals surface area contributed by atoms with Crippen LogP contribution in [0.5, 0.6) is 11.5 Å². The number of hydrogen-bond donors (Lipinski definition) is 1. The number of nitrogens with zero attached hydrogens (tertiary/aromatic N) is 2. The van der Waals surface area contributed by atoms with Gasteiger partial charge >= 0.3 is 0 Å². The molecule has 0 atom stereocenters. The van der Waals surface area contributed by atoms with Gasteiger partial charge in [0.1, 0.15) is 12.4 Å². The summed E-state index contributed by atoms with van der Waals surface area (Å²) in [6, 6.07) is 6.81. The highest BCUT2D eigenvalue weighted by atomic mass is 16.5. The van der Waals surface area contributed by atoms with Crippen molar-refractivity contribution in [3.05, 3.63) is 36.7 Å². The van der Waals surface area contributed by atoms with Gasteiger partial charge in [0, 0.05) is 0 Å². The minimum atomic E-state index is -0.0696. The third kappa shape index (κ3) is 2.82. The van der Waals surface area contributed by atoms with Crippen LogP contribution in [0.25, 0.3) is 11.4 Å². The molecule has 0 amide bonds. The second kappa shape index (κ2) is 5.27. The summed E-state index contributed by atoms with van der Waals surface area (Å²) in [4.78, 5) is 18.9. The summed E-state index contributed by atoms with van der Waals surface area (Å²) >= 11 is 0. The molecular weight excluding hydrogens is 232 g/mol. The van der Waals surface area contributed by atoms with Crippen LogP contribution in [0.2, 0.25) is 0 Å². The standard InChI is InChI=1S/C13H12N2O3/c1-9(16)8-18-10-6-14-13(15-7-10)11-4-2-3-5-12(11)17/h2-7,17H,8H2,1H3. The summed E-state index contributed by atoms with van der Waals surface area (Å²) in [5, 5.41) is 9.65. The Morgan fingerprint density at radius 2 is 1.94 bits per heavy atom. The molecule has 1 aromatic heterocycles. The highest BCUT2D eigenvalue weighted by molar-refractivity contribution is 5.77. The van der Waals surface area contributed by atoms with Crippen LogP contribution in [-0.4, -0.2) is 27.5 Å². The Balaban J connectivity index is 2.17. The number of para-hydroxylation sites is 1. The molecule has 5 heteroatoms. The normalized spacial score (nSPS) is 10.1. The van der Waals surface area contributed by atoms with E-state index in [2.05, 4.69) is 9.97 Å². The van der Waals surface area contributed by atoms with Gasteiger partial charge in [-0.15, -0.1) is 0 Å². The number of phenolic OH excluding ortho intramolecular Hbond substituents is 1. The maximum absolute atomic E-state index is 10.8. The third-order valence-corrected chi connectivity index (χ3v) is 2.22. The topological polar surface area (TPSA) is 72.3 Å². The Hall–Kier alpha value is -2.43. The van der Waals surface area contributed by atoms with Crippen molar-refractivity contribution in [1.82, 2.24) is 9.97 Å². The average molecular weight is 244 g/mol. The number of aromatic nitrogens is 2. The van der Waals surface area contributed by atoms with E-state index in [1.165, 1.54) is 19.3 Å². The van der Waals surface area contributed by atoms with E-state index in [0.717, 1.165) is 0 Å². The van der Waals surface area contributed by atoms with Crippen LogP contribution < -0.4 is 4.74 Å². The Morgan fingerprint density at radius 3 is 2.56 bits per heavy atom. The van der Waals surface area contributed by atoms with E-state index in [4.69, 9.17) is 4.74 Å². The number of carbonyl (C=O) groups is 1. The van der Waals surface area contributed by atoms with E-state index in [1.54, 1.807) is 24.3 Å². The van der Waals surface area contributed by atoms with Gasteiger partial charge in [0.25, 0.3) is 0 Å². The molecule has 0 bridgehead atoms. The Labute approximate surface area is 104 Å². The van der Waals surface area contributed by atoms with Crippen molar-refractivity contribution < 1.29 is 14.6 Å². The van der Waals surface area contributed by atoms with Crippen LogP contribution in [0.3, 0.4) is 0 Å². The molecule has 18 heavy (non-hydrogen) atoms. The molecule has 1 aromatic carbocycles. The molecule has 0 unspecified atom stereocenters. The Morgan fingerprint density at radius 1 is 1.28 bits per heavy atom. The van der Waals surface area contributed by atoms with Gasteiger partial charge in [-0.3, -0.25) is 4.79 Å². The molecule has 0 radical (unpaired) electrons. The molecule has 5 nitrogen and oxygen atoms in total. The van der Waals surface area contributed by atoms with Crippen LogP contribution in [0.4, 0.5) is 0 Å². The van der Waals surface area contributed by atoms with Crippen molar-refractivity contribution in [3.63, 3.8) is 0 Å². The fraction of sp³-hybridized carbons (Fsp3) is 0.154. The molecule has 0 fully saturated rings. The fourth-order valence-electron chi connectivity index (χ4n) is 1.38. The first-order valence-corrected chi connectivity index (χ1v) is 5.39. The highest BCUT2D eigenvalue weighted by Gasteiger charge is 2.06. The van der Waals surface area contributed by atoms with E-state index in [0.29, 0.717) is 17.1 Å². The molecule has 0 saturated carbocycles. The Bertz CT molecular complexity index is 552. The van der Waals surface area contributed by atoms with Gasteiger partial charge in [0.15, 0.2) is 17.4 Å². The van der Waals surface area contributed by atoms with Gasteiger partial charge in [-0.2, -0.15) is 0 Å². The second-order valence-corrected chi connectivity index (χ2v) is 3.75. The van der Waals surface area contributed by atoms with Crippen LogP contribution in [0, 0.1) is 0 Å². The van der Waals surface area contributed by atoms with E-state index in [-0.39, 0.29) is 18.1 Å². The van der Waals surface area contributed by atoms with Crippen molar-refractivity contribution >= 4 is 5.78 Å². The summed E-state index contributed by atoms with van der Waals surface area (Å²) in [5.41, 5.74) is 0.551. The van der Waals surface area contributed by atoms with E-state index >= 15 is 0 Å². The lowest BCUT2D eigenvalue weighted by atomic mass is 10.2. The molecule has 92 valence electrons. The van der Waals surface area contributed by atoms with Crippen LogP contribution in [-0.2, 0) is 4.79 Å². The van der Waals surface area contributed by atoms with Crippen molar-refractivity contribution in [2.75, 3.05) is 6.61 Å². The monoisotopic (exact) mass is 244 g/mol. The highest BCUT2D eigenvalue weighted by Crippen LogP contribution is 2.25. The quantitative estimate of drug-likeness (QED) is 0.888. The lowest BCUT2D eigenvalue weighted by Crippen LogP contribution is -2.07. The number of rotatable bonds is 4. The first-order chi connectivity index (χ1) is 8.66.